The van der Waals surface area contributed by atoms with Crippen LogP contribution in [0.15, 0.2) is 18.5 Å². The molecule has 0 saturated carbocycles. The summed E-state index contributed by atoms with van der Waals surface area (Å²) >= 11 is 0. The molecule has 2 N–H and O–H groups in total. The number of carboxylic acids is 1. The standard InChI is InChI=1S/C14H23N3O2/c1-10(2)7-11(9-17(3)4)16-13-5-6-15-8-12(13)14(18)19/h5-6,8,10-11H,7,9H2,1-4H3,(H,15,16)(H,18,19). The molecule has 0 aliphatic rings. The Kier molecular flexibility index (Phi) is 5.76. The SMILES string of the molecule is CC(C)CC(CN(C)C)Nc1ccncc1C(=O)O. The Balaban J connectivity index is 2.86. The van der Waals surface area contributed by atoms with Crippen molar-refractivity contribution in [2.45, 2.75) is 26.3 Å². The molecule has 19 heavy (non-hydrogen) atoms. The summed E-state index contributed by atoms with van der Waals surface area (Å²) < 4.78 is 0. The van der Waals surface area contributed by atoms with Gasteiger partial charge in [0.15, 0.2) is 0 Å². The number of nitrogens with one attached hydrogen (secondary N) is 1. The fraction of sp³-hybridized carbons (Fsp3) is 0.571. The minimum Gasteiger partial charge on any atom is -0.478 e. The van der Waals surface area contributed by atoms with Crippen LogP contribution in [0.2, 0.25) is 0 Å². The predicted molar refractivity (Wildman–Crippen MR) is 76.6 cm³/mol. The second-order valence-electron chi connectivity index (χ2n) is 5.46. The van der Waals surface area contributed by atoms with E-state index in [1.54, 1.807) is 12.3 Å². The summed E-state index contributed by atoms with van der Waals surface area (Å²) in [6, 6.07) is 1.93. The van der Waals surface area contributed by atoms with E-state index in [4.69, 9.17) is 5.11 Å². The molecule has 1 atom stereocenters. The lowest BCUT2D eigenvalue weighted by atomic mass is 10.0. The Labute approximate surface area is 114 Å². The zero-order valence-corrected chi connectivity index (χ0v) is 12.1. The Morgan fingerprint density at radius 2 is 2.16 bits per heavy atom. The summed E-state index contributed by atoms with van der Waals surface area (Å²) in [5, 5.41) is 12.5. The van der Waals surface area contributed by atoms with E-state index in [2.05, 4.69) is 29.0 Å². The molecule has 0 amide bonds. The fourth-order valence-electron chi connectivity index (χ4n) is 2.10. The van der Waals surface area contributed by atoms with E-state index in [1.807, 2.05) is 14.1 Å². The number of carbonyl (C=O) groups is 1. The first-order valence-corrected chi connectivity index (χ1v) is 6.48. The molecule has 0 aliphatic heterocycles. The molecular weight excluding hydrogens is 242 g/mol. The Hall–Kier alpha value is -1.62. The number of aromatic nitrogens is 1. The van der Waals surface area contributed by atoms with Crippen LogP contribution >= 0.6 is 0 Å². The lowest BCUT2D eigenvalue weighted by Crippen LogP contribution is -2.34. The molecule has 0 fully saturated rings. The fourth-order valence-corrected chi connectivity index (χ4v) is 2.10. The van der Waals surface area contributed by atoms with Gasteiger partial charge in [0, 0.05) is 25.0 Å². The van der Waals surface area contributed by atoms with E-state index in [9.17, 15) is 4.79 Å². The lowest BCUT2D eigenvalue weighted by Gasteiger charge is -2.25. The second-order valence-corrected chi connectivity index (χ2v) is 5.46. The van der Waals surface area contributed by atoms with Crippen molar-refractivity contribution in [2.24, 2.45) is 5.92 Å². The topological polar surface area (TPSA) is 65.5 Å². The molecule has 0 bridgehead atoms. The zero-order chi connectivity index (χ0) is 14.4. The molecule has 1 rings (SSSR count). The van der Waals surface area contributed by atoms with Crippen LogP contribution in [0.1, 0.15) is 30.6 Å². The molecule has 5 nitrogen and oxygen atoms in total. The van der Waals surface area contributed by atoms with Crippen LogP contribution in [0, 0.1) is 5.92 Å². The van der Waals surface area contributed by atoms with Crippen molar-refractivity contribution >= 4 is 11.7 Å². The summed E-state index contributed by atoms with van der Waals surface area (Å²) in [6.07, 6.45) is 3.98. The van der Waals surface area contributed by atoms with E-state index < -0.39 is 5.97 Å². The van der Waals surface area contributed by atoms with Gasteiger partial charge in [-0.15, -0.1) is 0 Å². The smallest absolute Gasteiger partial charge is 0.339 e. The van der Waals surface area contributed by atoms with E-state index in [1.165, 1.54) is 6.20 Å². The number of rotatable bonds is 7. The predicted octanol–water partition coefficient (Wildman–Crippen LogP) is 2.17. The third kappa shape index (κ3) is 5.26. The van der Waals surface area contributed by atoms with Gasteiger partial charge in [0.1, 0.15) is 5.56 Å². The number of nitrogens with zero attached hydrogens (tertiary/aromatic N) is 2. The monoisotopic (exact) mass is 265 g/mol. The number of pyridine rings is 1. The first-order valence-electron chi connectivity index (χ1n) is 6.48. The van der Waals surface area contributed by atoms with Gasteiger partial charge in [0.25, 0.3) is 0 Å². The molecule has 1 heterocycles. The third-order valence-electron chi connectivity index (χ3n) is 2.75. The van der Waals surface area contributed by atoms with Crippen molar-refractivity contribution < 1.29 is 9.90 Å². The van der Waals surface area contributed by atoms with Crippen LogP contribution in [-0.4, -0.2) is 47.6 Å². The molecule has 1 unspecified atom stereocenters. The second kappa shape index (κ2) is 7.09. The summed E-state index contributed by atoms with van der Waals surface area (Å²) in [6.45, 7) is 5.18. The van der Waals surface area contributed by atoms with Crippen LogP contribution in [0.4, 0.5) is 5.69 Å². The highest BCUT2D eigenvalue weighted by atomic mass is 16.4. The molecule has 0 aliphatic carbocycles. The third-order valence-corrected chi connectivity index (χ3v) is 2.75. The van der Waals surface area contributed by atoms with Crippen molar-refractivity contribution in [3.63, 3.8) is 0 Å². The van der Waals surface area contributed by atoms with Crippen molar-refractivity contribution in [3.8, 4) is 0 Å². The molecular formula is C14H23N3O2. The molecule has 0 spiro atoms. The Morgan fingerprint density at radius 1 is 1.47 bits per heavy atom. The molecule has 106 valence electrons. The summed E-state index contributed by atoms with van der Waals surface area (Å²) in [5.41, 5.74) is 0.852. The van der Waals surface area contributed by atoms with E-state index in [0.29, 0.717) is 11.6 Å². The highest BCUT2D eigenvalue weighted by Gasteiger charge is 2.16. The van der Waals surface area contributed by atoms with Gasteiger partial charge in [-0.1, -0.05) is 13.8 Å². The van der Waals surface area contributed by atoms with Crippen LogP contribution in [0.5, 0.6) is 0 Å². The maximum atomic E-state index is 11.2. The molecule has 5 heteroatoms. The van der Waals surface area contributed by atoms with Gasteiger partial charge in [-0.2, -0.15) is 0 Å². The van der Waals surface area contributed by atoms with Gasteiger partial charge in [-0.3, -0.25) is 4.98 Å². The minimum absolute atomic E-state index is 0.218. The van der Waals surface area contributed by atoms with E-state index in [0.717, 1.165) is 13.0 Å². The maximum absolute atomic E-state index is 11.2. The van der Waals surface area contributed by atoms with Gasteiger partial charge in [-0.25, -0.2) is 4.79 Å². The average Bonchev–Trinajstić information content (AvgIpc) is 2.27. The average molecular weight is 265 g/mol. The van der Waals surface area contributed by atoms with Gasteiger partial charge >= 0.3 is 5.97 Å². The molecule has 0 radical (unpaired) electrons. The number of aromatic carboxylic acids is 1. The van der Waals surface area contributed by atoms with Crippen molar-refractivity contribution in [3.05, 3.63) is 24.0 Å². The summed E-state index contributed by atoms with van der Waals surface area (Å²) in [7, 11) is 4.03. The Bertz CT molecular complexity index is 409. The van der Waals surface area contributed by atoms with Gasteiger partial charge < -0.3 is 15.3 Å². The molecule has 0 aromatic carbocycles. The van der Waals surface area contributed by atoms with E-state index >= 15 is 0 Å². The first-order chi connectivity index (χ1) is 8.90. The zero-order valence-electron chi connectivity index (χ0n) is 12.1. The van der Waals surface area contributed by atoms with Gasteiger partial charge in [0.05, 0.1) is 5.69 Å². The van der Waals surface area contributed by atoms with Gasteiger partial charge in [0.2, 0.25) is 0 Å². The van der Waals surface area contributed by atoms with Crippen molar-refractivity contribution in [2.75, 3.05) is 26.0 Å². The highest BCUT2D eigenvalue weighted by molar-refractivity contribution is 5.93. The summed E-state index contributed by atoms with van der Waals surface area (Å²) in [4.78, 5) is 17.1. The number of carboxylic acid groups (broad SMARTS) is 1. The minimum atomic E-state index is -0.955. The van der Waals surface area contributed by atoms with Crippen LogP contribution in [-0.2, 0) is 0 Å². The number of hydrogen-bond donors (Lipinski definition) is 2. The molecule has 1 aromatic heterocycles. The summed E-state index contributed by atoms with van der Waals surface area (Å²) in [5.74, 6) is -0.406. The van der Waals surface area contributed by atoms with Crippen molar-refractivity contribution in [1.82, 2.24) is 9.88 Å². The van der Waals surface area contributed by atoms with Crippen LogP contribution in [0.3, 0.4) is 0 Å². The number of likely N-dealkylation sites (N-methyl/N-ethyl adjacent to an activating group) is 1. The normalized spacial score (nSPS) is 12.7. The highest BCUT2D eigenvalue weighted by Crippen LogP contribution is 2.17. The lowest BCUT2D eigenvalue weighted by molar-refractivity contribution is 0.0697. The number of hydrogen-bond acceptors (Lipinski definition) is 4. The molecule has 1 aromatic rings. The van der Waals surface area contributed by atoms with Gasteiger partial charge in [-0.05, 0) is 32.5 Å². The largest absolute Gasteiger partial charge is 0.478 e. The van der Waals surface area contributed by atoms with Crippen LogP contribution < -0.4 is 5.32 Å². The number of anilines is 1. The van der Waals surface area contributed by atoms with Crippen molar-refractivity contribution in [1.29, 1.82) is 0 Å². The quantitative estimate of drug-likeness (QED) is 0.791. The maximum Gasteiger partial charge on any atom is 0.339 e. The first kappa shape index (κ1) is 15.4. The van der Waals surface area contributed by atoms with Crippen LogP contribution in [0.25, 0.3) is 0 Å². The Morgan fingerprint density at radius 3 is 2.68 bits per heavy atom. The molecule has 0 saturated heterocycles. The van der Waals surface area contributed by atoms with E-state index in [-0.39, 0.29) is 11.6 Å².